The smallest absolute Gasteiger partial charge is 0.0647 e. The van der Waals surface area contributed by atoms with Crippen molar-refractivity contribution < 1.29 is 5.11 Å². The van der Waals surface area contributed by atoms with Crippen LogP contribution in [0, 0.1) is 11.8 Å². The first-order valence-corrected chi connectivity index (χ1v) is 5.91. The van der Waals surface area contributed by atoms with Crippen molar-refractivity contribution in [2.45, 2.75) is 63.9 Å². The molecule has 0 spiro atoms. The second-order valence-corrected chi connectivity index (χ2v) is 5.32. The molecule has 0 amide bonds. The third-order valence-electron chi connectivity index (χ3n) is 3.99. The molecule has 0 aromatic heterocycles. The summed E-state index contributed by atoms with van der Waals surface area (Å²) >= 11 is 0. The minimum absolute atomic E-state index is 0.340. The molecule has 76 valence electrons. The molecule has 2 atom stereocenters. The predicted molar refractivity (Wildman–Crippen MR) is 54.5 cm³/mol. The van der Waals surface area contributed by atoms with E-state index in [-0.39, 0.29) is 5.60 Å². The lowest BCUT2D eigenvalue weighted by Gasteiger charge is -2.37. The van der Waals surface area contributed by atoms with Crippen LogP contribution in [0.5, 0.6) is 0 Å². The fraction of sp³-hybridized carbons (Fsp3) is 1.00. The van der Waals surface area contributed by atoms with E-state index in [4.69, 9.17) is 0 Å². The summed E-state index contributed by atoms with van der Waals surface area (Å²) in [4.78, 5) is 0. The Bertz CT molecular complexity index is 170. The van der Waals surface area contributed by atoms with Gasteiger partial charge in [0.1, 0.15) is 0 Å². The molecular formula is C12H22O. The Kier molecular flexibility index (Phi) is 2.64. The maximum absolute atomic E-state index is 10.2. The standard InChI is InChI=1S/C12H22O/c1-12(13)9-3-2-4-11(12)8-7-10-5-6-10/h10-11,13H,2-9H2,1H3/t11-,12+/m0/s1. The number of aliphatic hydroxyl groups is 1. The molecule has 2 aliphatic carbocycles. The Morgan fingerprint density at radius 3 is 2.54 bits per heavy atom. The Balaban J connectivity index is 1.79. The van der Waals surface area contributed by atoms with E-state index in [1.807, 2.05) is 6.92 Å². The summed E-state index contributed by atoms with van der Waals surface area (Å²) in [5, 5.41) is 10.2. The number of hydrogen-bond acceptors (Lipinski definition) is 1. The zero-order valence-electron chi connectivity index (χ0n) is 8.76. The van der Waals surface area contributed by atoms with Gasteiger partial charge in [0.15, 0.2) is 0 Å². The zero-order chi connectivity index (χ0) is 9.31. The molecule has 0 heterocycles. The molecule has 1 heteroatoms. The van der Waals surface area contributed by atoms with Gasteiger partial charge in [-0.05, 0) is 38.0 Å². The summed E-state index contributed by atoms with van der Waals surface area (Å²) in [6, 6.07) is 0. The number of rotatable bonds is 3. The van der Waals surface area contributed by atoms with Gasteiger partial charge in [0.25, 0.3) is 0 Å². The monoisotopic (exact) mass is 182 g/mol. The molecule has 0 aliphatic heterocycles. The number of hydrogen-bond donors (Lipinski definition) is 1. The molecule has 2 aliphatic rings. The summed E-state index contributed by atoms with van der Waals surface area (Å²) in [7, 11) is 0. The van der Waals surface area contributed by atoms with Crippen LogP contribution >= 0.6 is 0 Å². The Hall–Kier alpha value is -0.0400. The van der Waals surface area contributed by atoms with E-state index in [0.29, 0.717) is 5.92 Å². The van der Waals surface area contributed by atoms with Gasteiger partial charge < -0.3 is 5.11 Å². The van der Waals surface area contributed by atoms with Gasteiger partial charge in [0.05, 0.1) is 5.60 Å². The Labute approximate surface area is 81.5 Å². The molecule has 2 fully saturated rings. The van der Waals surface area contributed by atoms with E-state index in [0.717, 1.165) is 12.3 Å². The summed E-state index contributed by atoms with van der Waals surface area (Å²) in [6.07, 6.45) is 10.4. The van der Waals surface area contributed by atoms with Crippen LogP contribution in [0.1, 0.15) is 58.3 Å². The minimum atomic E-state index is -0.340. The molecule has 13 heavy (non-hydrogen) atoms. The fourth-order valence-corrected chi connectivity index (χ4v) is 2.69. The van der Waals surface area contributed by atoms with Crippen molar-refractivity contribution in [2.75, 3.05) is 0 Å². The van der Waals surface area contributed by atoms with Crippen molar-refractivity contribution in [3.05, 3.63) is 0 Å². The van der Waals surface area contributed by atoms with Crippen molar-refractivity contribution >= 4 is 0 Å². The maximum atomic E-state index is 10.2. The largest absolute Gasteiger partial charge is 0.390 e. The molecule has 0 aromatic rings. The quantitative estimate of drug-likeness (QED) is 0.711. The van der Waals surface area contributed by atoms with Crippen LogP contribution in [-0.2, 0) is 0 Å². The average Bonchev–Trinajstić information content (AvgIpc) is 2.85. The van der Waals surface area contributed by atoms with Crippen molar-refractivity contribution in [3.63, 3.8) is 0 Å². The lowest BCUT2D eigenvalue weighted by atomic mass is 9.74. The van der Waals surface area contributed by atoms with E-state index in [9.17, 15) is 5.11 Å². The van der Waals surface area contributed by atoms with Gasteiger partial charge in [-0.1, -0.05) is 32.1 Å². The SMILES string of the molecule is C[C@@]1(O)CCCC[C@H]1CCC1CC1. The van der Waals surface area contributed by atoms with Crippen molar-refractivity contribution in [1.29, 1.82) is 0 Å². The van der Waals surface area contributed by atoms with Crippen LogP contribution in [0.4, 0.5) is 0 Å². The molecule has 1 N–H and O–H groups in total. The Morgan fingerprint density at radius 1 is 1.15 bits per heavy atom. The minimum Gasteiger partial charge on any atom is -0.390 e. The van der Waals surface area contributed by atoms with Crippen molar-refractivity contribution in [1.82, 2.24) is 0 Å². The lowest BCUT2D eigenvalue weighted by molar-refractivity contribution is -0.0360. The second-order valence-electron chi connectivity index (χ2n) is 5.32. The van der Waals surface area contributed by atoms with Crippen LogP contribution in [0.2, 0.25) is 0 Å². The highest BCUT2D eigenvalue weighted by Crippen LogP contribution is 2.41. The van der Waals surface area contributed by atoms with Gasteiger partial charge >= 0.3 is 0 Å². The van der Waals surface area contributed by atoms with Gasteiger partial charge in [-0.25, -0.2) is 0 Å². The first kappa shape index (κ1) is 9.51. The van der Waals surface area contributed by atoms with Crippen molar-refractivity contribution in [3.8, 4) is 0 Å². The first-order chi connectivity index (χ1) is 6.18. The molecule has 0 saturated heterocycles. The Morgan fingerprint density at radius 2 is 1.92 bits per heavy atom. The highest BCUT2D eigenvalue weighted by Gasteiger charge is 2.35. The van der Waals surface area contributed by atoms with E-state index in [1.165, 1.54) is 44.9 Å². The highest BCUT2D eigenvalue weighted by atomic mass is 16.3. The molecule has 0 radical (unpaired) electrons. The van der Waals surface area contributed by atoms with Crippen LogP contribution < -0.4 is 0 Å². The molecule has 0 aromatic carbocycles. The molecule has 0 unspecified atom stereocenters. The molecule has 0 bridgehead atoms. The third-order valence-corrected chi connectivity index (χ3v) is 3.99. The van der Waals surface area contributed by atoms with Crippen molar-refractivity contribution in [2.24, 2.45) is 11.8 Å². The van der Waals surface area contributed by atoms with Gasteiger partial charge in [-0.3, -0.25) is 0 Å². The summed E-state index contributed by atoms with van der Waals surface area (Å²) in [5.41, 5.74) is -0.340. The molecular weight excluding hydrogens is 160 g/mol. The van der Waals surface area contributed by atoms with Crippen LogP contribution in [-0.4, -0.2) is 10.7 Å². The van der Waals surface area contributed by atoms with E-state index < -0.39 is 0 Å². The van der Waals surface area contributed by atoms with Gasteiger partial charge in [-0.2, -0.15) is 0 Å². The molecule has 1 nitrogen and oxygen atoms in total. The highest BCUT2D eigenvalue weighted by molar-refractivity contribution is 4.87. The second kappa shape index (κ2) is 3.61. The van der Waals surface area contributed by atoms with Gasteiger partial charge in [-0.15, -0.1) is 0 Å². The maximum Gasteiger partial charge on any atom is 0.0647 e. The van der Waals surface area contributed by atoms with E-state index in [2.05, 4.69) is 0 Å². The third kappa shape index (κ3) is 2.46. The first-order valence-electron chi connectivity index (χ1n) is 5.91. The van der Waals surface area contributed by atoms with Gasteiger partial charge in [0.2, 0.25) is 0 Å². The van der Waals surface area contributed by atoms with E-state index >= 15 is 0 Å². The van der Waals surface area contributed by atoms with Gasteiger partial charge in [0, 0.05) is 0 Å². The summed E-state index contributed by atoms with van der Waals surface area (Å²) in [6.45, 7) is 2.05. The predicted octanol–water partition coefficient (Wildman–Crippen LogP) is 3.12. The van der Waals surface area contributed by atoms with Crippen LogP contribution in [0.15, 0.2) is 0 Å². The fourth-order valence-electron chi connectivity index (χ4n) is 2.69. The molecule has 2 saturated carbocycles. The van der Waals surface area contributed by atoms with Crippen LogP contribution in [0.25, 0.3) is 0 Å². The normalized spacial score (nSPS) is 40.6. The molecule has 2 rings (SSSR count). The van der Waals surface area contributed by atoms with Crippen LogP contribution in [0.3, 0.4) is 0 Å². The van der Waals surface area contributed by atoms with E-state index in [1.54, 1.807) is 0 Å². The summed E-state index contributed by atoms with van der Waals surface area (Å²) < 4.78 is 0. The lowest BCUT2D eigenvalue weighted by Crippen LogP contribution is -2.37. The zero-order valence-corrected chi connectivity index (χ0v) is 8.76. The average molecular weight is 182 g/mol. The topological polar surface area (TPSA) is 20.2 Å². The summed E-state index contributed by atoms with van der Waals surface area (Å²) in [5.74, 6) is 1.62.